The van der Waals surface area contributed by atoms with Gasteiger partial charge in [0, 0.05) is 37.8 Å². The van der Waals surface area contributed by atoms with Crippen molar-refractivity contribution in [3.63, 3.8) is 0 Å². The molecule has 2 aromatic rings. The Kier molecular flexibility index (Phi) is 5.55. The third-order valence-corrected chi connectivity index (χ3v) is 7.60. The van der Waals surface area contributed by atoms with Crippen LogP contribution in [-0.2, 0) is 19.6 Å². The number of morpholine rings is 1. The second-order valence-electron chi connectivity index (χ2n) is 7.20. The summed E-state index contributed by atoms with van der Waals surface area (Å²) in [6, 6.07) is 5.76. The molecule has 0 unspecified atom stereocenters. The summed E-state index contributed by atoms with van der Waals surface area (Å²) in [5.74, 6) is -0.218. The summed E-state index contributed by atoms with van der Waals surface area (Å²) >= 11 is 1.62. The zero-order valence-corrected chi connectivity index (χ0v) is 17.4. The number of aromatic nitrogens is 1. The van der Waals surface area contributed by atoms with Crippen LogP contribution in [0.25, 0.3) is 10.2 Å². The minimum atomic E-state index is -3.18. The first kappa shape index (κ1) is 19.6. The van der Waals surface area contributed by atoms with Crippen LogP contribution in [-0.4, -0.2) is 69.3 Å². The van der Waals surface area contributed by atoms with Gasteiger partial charge in [-0.2, -0.15) is 0 Å². The van der Waals surface area contributed by atoms with E-state index in [1.165, 1.54) is 10.6 Å². The first-order valence-electron chi connectivity index (χ1n) is 9.39. The Hall–Kier alpha value is -1.75. The van der Waals surface area contributed by atoms with Gasteiger partial charge in [-0.3, -0.25) is 4.79 Å². The molecule has 1 amide bonds. The van der Waals surface area contributed by atoms with Crippen molar-refractivity contribution in [3.8, 4) is 0 Å². The number of carbonyl (C=O) groups is 1. The lowest BCUT2D eigenvalue weighted by Gasteiger charge is -2.29. The zero-order chi connectivity index (χ0) is 19.7. The number of ether oxygens (including phenoxy) is 1. The Bertz CT molecular complexity index is 961. The van der Waals surface area contributed by atoms with Crippen molar-refractivity contribution in [1.29, 1.82) is 0 Å². The Morgan fingerprint density at radius 1 is 1.21 bits per heavy atom. The van der Waals surface area contributed by atoms with E-state index in [4.69, 9.17) is 9.72 Å². The predicted octanol–water partition coefficient (Wildman–Crippen LogP) is 1.74. The standard InChI is InChI=1S/C18H24N4O4S2/c1-28(24,25)22-6-4-13(5-7-22)17(23)19-14-2-3-15-16(12-14)27-18(20-15)21-8-10-26-11-9-21/h2-3,12-13H,4-11H2,1H3,(H,19,23). The molecule has 4 rings (SSSR count). The maximum absolute atomic E-state index is 12.6. The average Bonchev–Trinajstić information content (AvgIpc) is 3.11. The fourth-order valence-electron chi connectivity index (χ4n) is 3.57. The molecule has 0 saturated carbocycles. The van der Waals surface area contributed by atoms with E-state index >= 15 is 0 Å². The average molecular weight is 425 g/mol. The van der Waals surface area contributed by atoms with Crippen molar-refractivity contribution >= 4 is 48.3 Å². The Morgan fingerprint density at radius 3 is 2.61 bits per heavy atom. The molecule has 28 heavy (non-hydrogen) atoms. The highest BCUT2D eigenvalue weighted by atomic mass is 32.2. The molecule has 2 aliphatic heterocycles. The number of thiazole rings is 1. The van der Waals surface area contributed by atoms with Gasteiger partial charge in [-0.1, -0.05) is 11.3 Å². The summed E-state index contributed by atoms with van der Waals surface area (Å²) in [7, 11) is -3.18. The number of nitrogens with one attached hydrogen (secondary N) is 1. The monoisotopic (exact) mass is 424 g/mol. The van der Waals surface area contributed by atoms with E-state index in [0.29, 0.717) is 25.9 Å². The van der Waals surface area contributed by atoms with E-state index in [1.54, 1.807) is 11.3 Å². The SMILES string of the molecule is CS(=O)(=O)N1CCC(C(=O)Nc2ccc3nc(N4CCOCC4)sc3c2)CC1. The molecular formula is C18H24N4O4S2. The second kappa shape index (κ2) is 7.94. The van der Waals surface area contributed by atoms with Crippen LogP contribution < -0.4 is 10.2 Å². The van der Waals surface area contributed by atoms with Gasteiger partial charge in [0.2, 0.25) is 15.9 Å². The van der Waals surface area contributed by atoms with Gasteiger partial charge in [0.25, 0.3) is 0 Å². The van der Waals surface area contributed by atoms with Gasteiger partial charge in [-0.05, 0) is 31.0 Å². The Labute approximate surface area is 168 Å². The summed E-state index contributed by atoms with van der Waals surface area (Å²) in [4.78, 5) is 19.5. The summed E-state index contributed by atoms with van der Waals surface area (Å²) in [6.45, 7) is 3.91. The van der Waals surface area contributed by atoms with Crippen molar-refractivity contribution in [2.24, 2.45) is 5.92 Å². The number of rotatable bonds is 4. The van der Waals surface area contributed by atoms with Crippen LogP contribution in [0.5, 0.6) is 0 Å². The number of sulfonamides is 1. The number of anilines is 2. The van der Waals surface area contributed by atoms with E-state index in [-0.39, 0.29) is 11.8 Å². The van der Waals surface area contributed by atoms with Gasteiger partial charge >= 0.3 is 0 Å². The third-order valence-electron chi connectivity index (χ3n) is 5.22. The number of hydrogen-bond donors (Lipinski definition) is 1. The Morgan fingerprint density at radius 2 is 1.93 bits per heavy atom. The summed E-state index contributed by atoms with van der Waals surface area (Å²) in [5.41, 5.74) is 1.67. The van der Waals surface area contributed by atoms with E-state index in [0.717, 1.165) is 47.3 Å². The highest BCUT2D eigenvalue weighted by molar-refractivity contribution is 7.88. The summed E-state index contributed by atoms with van der Waals surface area (Å²) in [5, 5.41) is 3.97. The molecular weight excluding hydrogens is 400 g/mol. The van der Waals surface area contributed by atoms with Gasteiger partial charge in [0.05, 0.1) is 29.7 Å². The van der Waals surface area contributed by atoms with Crippen molar-refractivity contribution in [2.45, 2.75) is 12.8 Å². The number of carbonyl (C=O) groups excluding carboxylic acids is 1. The number of amides is 1. The van der Waals surface area contributed by atoms with Crippen LogP contribution in [0.2, 0.25) is 0 Å². The topological polar surface area (TPSA) is 91.8 Å². The zero-order valence-electron chi connectivity index (χ0n) is 15.8. The number of benzene rings is 1. The normalized spacial score (nSPS) is 19.8. The van der Waals surface area contributed by atoms with Crippen molar-refractivity contribution in [2.75, 3.05) is 55.9 Å². The van der Waals surface area contributed by atoms with Crippen molar-refractivity contribution in [3.05, 3.63) is 18.2 Å². The summed E-state index contributed by atoms with van der Waals surface area (Å²) in [6.07, 6.45) is 2.30. The fourth-order valence-corrected chi connectivity index (χ4v) is 5.50. The molecule has 3 heterocycles. The minimum Gasteiger partial charge on any atom is -0.378 e. The quantitative estimate of drug-likeness (QED) is 0.804. The molecule has 0 spiro atoms. The number of fused-ring (bicyclic) bond motifs is 1. The van der Waals surface area contributed by atoms with Gasteiger partial charge in [-0.15, -0.1) is 0 Å². The first-order valence-corrected chi connectivity index (χ1v) is 12.1. The highest BCUT2D eigenvalue weighted by Crippen LogP contribution is 2.31. The molecule has 2 aliphatic rings. The van der Waals surface area contributed by atoms with E-state index < -0.39 is 10.0 Å². The van der Waals surface area contributed by atoms with Gasteiger partial charge in [0.1, 0.15) is 0 Å². The highest BCUT2D eigenvalue weighted by Gasteiger charge is 2.29. The molecule has 0 bridgehead atoms. The molecule has 1 aromatic heterocycles. The number of piperidine rings is 1. The summed E-state index contributed by atoms with van der Waals surface area (Å²) < 4.78 is 31.1. The van der Waals surface area contributed by atoms with E-state index in [2.05, 4.69) is 10.2 Å². The minimum absolute atomic E-state index is 0.0505. The predicted molar refractivity (Wildman–Crippen MR) is 110 cm³/mol. The molecule has 8 nitrogen and oxygen atoms in total. The third kappa shape index (κ3) is 4.29. The van der Waals surface area contributed by atoms with Crippen molar-refractivity contribution < 1.29 is 17.9 Å². The number of hydrogen-bond acceptors (Lipinski definition) is 7. The number of nitrogens with zero attached hydrogens (tertiary/aromatic N) is 3. The second-order valence-corrected chi connectivity index (χ2v) is 10.2. The maximum atomic E-state index is 12.6. The molecule has 0 radical (unpaired) electrons. The molecule has 2 saturated heterocycles. The smallest absolute Gasteiger partial charge is 0.227 e. The van der Waals surface area contributed by atoms with Gasteiger partial charge < -0.3 is 15.0 Å². The molecule has 152 valence electrons. The first-order chi connectivity index (χ1) is 13.4. The van der Waals surface area contributed by atoms with Crippen LogP contribution in [0.4, 0.5) is 10.8 Å². The van der Waals surface area contributed by atoms with Crippen LogP contribution in [0, 0.1) is 5.92 Å². The van der Waals surface area contributed by atoms with Crippen LogP contribution in [0.15, 0.2) is 18.2 Å². The molecule has 1 N–H and O–H groups in total. The fraction of sp³-hybridized carbons (Fsp3) is 0.556. The molecule has 0 aliphatic carbocycles. The van der Waals surface area contributed by atoms with Crippen LogP contribution in [0.3, 0.4) is 0 Å². The molecule has 1 aromatic carbocycles. The molecule has 2 fully saturated rings. The molecule has 10 heteroatoms. The lowest BCUT2D eigenvalue weighted by atomic mass is 9.97. The lowest BCUT2D eigenvalue weighted by Crippen LogP contribution is -2.40. The van der Waals surface area contributed by atoms with Crippen LogP contribution >= 0.6 is 11.3 Å². The van der Waals surface area contributed by atoms with Crippen LogP contribution in [0.1, 0.15) is 12.8 Å². The van der Waals surface area contributed by atoms with Gasteiger partial charge in [-0.25, -0.2) is 17.7 Å². The van der Waals surface area contributed by atoms with Crippen molar-refractivity contribution in [1.82, 2.24) is 9.29 Å². The molecule has 0 atom stereocenters. The van der Waals surface area contributed by atoms with E-state index in [9.17, 15) is 13.2 Å². The largest absolute Gasteiger partial charge is 0.378 e. The maximum Gasteiger partial charge on any atom is 0.227 e. The Balaban J connectivity index is 1.41. The van der Waals surface area contributed by atoms with Gasteiger partial charge in [0.15, 0.2) is 5.13 Å². The lowest BCUT2D eigenvalue weighted by molar-refractivity contribution is -0.120. The van der Waals surface area contributed by atoms with E-state index in [1.807, 2.05) is 18.2 Å².